The summed E-state index contributed by atoms with van der Waals surface area (Å²) in [5.74, 6) is -0.165. The number of rotatable bonds is 2. The molecule has 1 aliphatic heterocycles. The number of piperidine rings is 1. The van der Waals surface area contributed by atoms with Gasteiger partial charge in [-0.25, -0.2) is 9.18 Å². The lowest BCUT2D eigenvalue weighted by Gasteiger charge is -2.22. The van der Waals surface area contributed by atoms with Crippen LogP contribution in [0.15, 0.2) is 12.1 Å². The van der Waals surface area contributed by atoms with E-state index in [-0.39, 0.29) is 11.1 Å². The van der Waals surface area contributed by atoms with Crippen molar-refractivity contribution < 1.29 is 13.9 Å². The third-order valence-electron chi connectivity index (χ3n) is 3.96. The molecule has 1 aliphatic carbocycles. The molecule has 1 aromatic carbocycles. The number of fused-ring (bicyclic) bond motifs is 1. The molecule has 1 saturated carbocycles. The first kappa shape index (κ1) is 12.0. The molecule has 0 aromatic heterocycles. The Hall–Kier alpha value is -2.09. The fourth-order valence-electron chi connectivity index (χ4n) is 2.80. The van der Waals surface area contributed by atoms with Gasteiger partial charge in [0.1, 0.15) is 11.6 Å². The molecule has 0 radical (unpaired) electrons. The summed E-state index contributed by atoms with van der Waals surface area (Å²) >= 11 is 0. The molecule has 0 spiro atoms. The van der Waals surface area contributed by atoms with Crippen molar-refractivity contribution in [3.8, 4) is 6.07 Å². The highest BCUT2D eigenvalue weighted by Crippen LogP contribution is 2.47. The molecule has 1 aromatic rings. The zero-order valence-corrected chi connectivity index (χ0v) is 10.5. The number of hydrogen-bond donors (Lipinski definition) is 0. The minimum atomic E-state index is -0.785. The van der Waals surface area contributed by atoms with Gasteiger partial charge in [-0.2, -0.15) is 5.26 Å². The van der Waals surface area contributed by atoms with E-state index < -0.39 is 11.8 Å². The molecule has 2 unspecified atom stereocenters. The highest BCUT2D eigenvalue weighted by Gasteiger charge is 2.45. The molecule has 5 heteroatoms. The molecular weight excluding hydrogens is 247 g/mol. The third kappa shape index (κ3) is 1.84. The molecule has 2 fully saturated rings. The maximum atomic E-state index is 14.2. The molecule has 3 rings (SSSR count). The van der Waals surface area contributed by atoms with Gasteiger partial charge in [-0.3, -0.25) is 0 Å². The number of nitriles is 1. The molecule has 98 valence electrons. The molecule has 0 bridgehead atoms. The van der Waals surface area contributed by atoms with Gasteiger partial charge in [-0.15, -0.1) is 0 Å². The summed E-state index contributed by atoms with van der Waals surface area (Å²) in [7, 11) is 1.19. The molecule has 1 heterocycles. The van der Waals surface area contributed by atoms with E-state index in [0.29, 0.717) is 17.5 Å². The lowest BCUT2D eigenvalue weighted by atomic mass is 10.1. The first-order valence-corrected chi connectivity index (χ1v) is 6.21. The van der Waals surface area contributed by atoms with E-state index >= 15 is 0 Å². The Bertz CT molecular complexity index is 584. The van der Waals surface area contributed by atoms with Gasteiger partial charge < -0.3 is 9.64 Å². The van der Waals surface area contributed by atoms with E-state index in [1.807, 2.05) is 11.0 Å². The summed E-state index contributed by atoms with van der Waals surface area (Å²) in [5.41, 5.74) is 0.330. The molecular formula is C14H13FN2O2. The number of carbonyl (C=O) groups is 1. The van der Waals surface area contributed by atoms with Gasteiger partial charge in [0.15, 0.2) is 5.82 Å². The Morgan fingerprint density at radius 3 is 2.74 bits per heavy atom. The van der Waals surface area contributed by atoms with Gasteiger partial charge in [-0.05, 0) is 30.4 Å². The van der Waals surface area contributed by atoms with Crippen molar-refractivity contribution in [2.75, 3.05) is 25.1 Å². The molecule has 1 saturated heterocycles. The quantitative estimate of drug-likeness (QED) is 0.762. The van der Waals surface area contributed by atoms with Crippen LogP contribution in [0.5, 0.6) is 0 Å². The van der Waals surface area contributed by atoms with Crippen molar-refractivity contribution in [3.63, 3.8) is 0 Å². The van der Waals surface area contributed by atoms with Crippen LogP contribution in [0, 0.1) is 29.0 Å². The van der Waals surface area contributed by atoms with Crippen LogP contribution in [0.25, 0.3) is 0 Å². The first-order valence-electron chi connectivity index (χ1n) is 6.21. The number of nitrogens with zero attached hydrogens (tertiary/aromatic N) is 2. The molecule has 0 amide bonds. The van der Waals surface area contributed by atoms with Gasteiger partial charge in [0.25, 0.3) is 0 Å². The van der Waals surface area contributed by atoms with Gasteiger partial charge in [0.05, 0.1) is 18.4 Å². The molecule has 2 atom stereocenters. The van der Waals surface area contributed by atoms with Gasteiger partial charge in [0.2, 0.25) is 0 Å². The van der Waals surface area contributed by atoms with Crippen LogP contribution in [0.1, 0.15) is 22.3 Å². The van der Waals surface area contributed by atoms with Crippen molar-refractivity contribution in [1.29, 1.82) is 5.26 Å². The number of hydrogen-bond acceptors (Lipinski definition) is 4. The maximum absolute atomic E-state index is 14.2. The number of halogens is 1. The standard InChI is InChI=1S/C14H13FN2O2/c1-19-14(18)10-2-3-12(11(5-16)13(10)15)17-6-8-4-9(8)7-17/h2-3,8-9H,4,6-7H2,1H3. The maximum Gasteiger partial charge on any atom is 0.340 e. The number of esters is 1. The van der Waals surface area contributed by atoms with Gasteiger partial charge in [-0.1, -0.05) is 0 Å². The Morgan fingerprint density at radius 2 is 2.16 bits per heavy atom. The fourth-order valence-corrected chi connectivity index (χ4v) is 2.80. The van der Waals surface area contributed by atoms with E-state index in [1.54, 1.807) is 6.07 Å². The van der Waals surface area contributed by atoms with Crippen LogP contribution in [-0.4, -0.2) is 26.2 Å². The predicted molar refractivity (Wildman–Crippen MR) is 66.3 cm³/mol. The lowest BCUT2D eigenvalue weighted by molar-refractivity contribution is 0.0595. The average Bonchev–Trinajstić information content (AvgIpc) is 3.04. The molecule has 2 aliphatic rings. The van der Waals surface area contributed by atoms with Crippen LogP contribution >= 0.6 is 0 Å². The minimum absolute atomic E-state index is 0.0656. The van der Waals surface area contributed by atoms with Crippen LogP contribution in [-0.2, 0) is 4.74 Å². The second-order valence-corrected chi connectivity index (χ2v) is 5.09. The van der Waals surface area contributed by atoms with Crippen LogP contribution in [0.2, 0.25) is 0 Å². The molecule has 0 N–H and O–H groups in total. The van der Waals surface area contributed by atoms with E-state index in [2.05, 4.69) is 4.74 Å². The Morgan fingerprint density at radius 1 is 1.47 bits per heavy atom. The summed E-state index contributed by atoms with van der Waals surface area (Å²) in [6.07, 6.45) is 1.24. The topological polar surface area (TPSA) is 53.3 Å². The van der Waals surface area contributed by atoms with Crippen LogP contribution in [0.4, 0.5) is 10.1 Å². The lowest BCUT2D eigenvalue weighted by Crippen LogP contribution is -2.23. The first-order chi connectivity index (χ1) is 9.15. The zero-order chi connectivity index (χ0) is 13.6. The van der Waals surface area contributed by atoms with E-state index in [1.165, 1.54) is 19.6 Å². The number of ether oxygens (including phenoxy) is 1. The van der Waals surface area contributed by atoms with Gasteiger partial charge in [0, 0.05) is 13.1 Å². The van der Waals surface area contributed by atoms with Crippen molar-refractivity contribution >= 4 is 11.7 Å². The zero-order valence-electron chi connectivity index (χ0n) is 10.5. The van der Waals surface area contributed by atoms with E-state index in [9.17, 15) is 9.18 Å². The van der Waals surface area contributed by atoms with E-state index in [0.717, 1.165) is 13.1 Å². The van der Waals surface area contributed by atoms with Gasteiger partial charge >= 0.3 is 5.97 Å². The SMILES string of the molecule is COC(=O)c1ccc(N2CC3CC3C2)c(C#N)c1F. The number of anilines is 1. The fraction of sp³-hybridized carbons (Fsp3) is 0.429. The second-order valence-electron chi connectivity index (χ2n) is 5.09. The Kier molecular flexibility index (Phi) is 2.67. The Balaban J connectivity index is 1.99. The average molecular weight is 260 g/mol. The second kappa shape index (κ2) is 4.23. The Labute approximate surface area is 110 Å². The van der Waals surface area contributed by atoms with Crippen molar-refractivity contribution in [3.05, 3.63) is 29.1 Å². The monoisotopic (exact) mass is 260 g/mol. The summed E-state index contributed by atoms with van der Waals surface area (Å²) in [4.78, 5) is 13.4. The molecule has 19 heavy (non-hydrogen) atoms. The molecule has 4 nitrogen and oxygen atoms in total. The highest BCUT2D eigenvalue weighted by atomic mass is 19.1. The number of benzene rings is 1. The van der Waals surface area contributed by atoms with Crippen molar-refractivity contribution in [2.24, 2.45) is 11.8 Å². The van der Waals surface area contributed by atoms with Crippen LogP contribution < -0.4 is 4.90 Å². The summed E-state index contributed by atoms with van der Waals surface area (Å²) in [5, 5.41) is 9.15. The normalized spacial score (nSPS) is 23.7. The predicted octanol–water partition coefficient (Wildman–Crippen LogP) is 1.94. The largest absolute Gasteiger partial charge is 0.465 e. The summed E-state index contributed by atoms with van der Waals surface area (Å²) < 4.78 is 18.7. The summed E-state index contributed by atoms with van der Waals surface area (Å²) in [6.45, 7) is 1.74. The summed E-state index contributed by atoms with van der Waals surface area (Å²) in [6, 6.07) is 4.89. The van der Waals surface area contributed by atoms with Crippen molar-refractivity contribution in [1.82, 2.24) is 0 Å². The van der Waals surface area contributed by atoms with E-state index in [4.69, 9.17) is 5.26 Å². The van der Waals surface area contributed by atoms with Crippen molar-refractivity contribution in [2.45, 2.75) is 6.42 Å². The smallest absolute Gasteiger partial charge is 0.340 e. The minimum Gasteiger partial charge on any atom is -0.465 e. The van der Waals surface area contributed by atoms with Crippen LogP contribution in [0.3, 0.4) is 0 Å². The third-order valence-corrected chi connectivity index (χ3v) is 3.96. The highest BCUT2D eigenvalue weighted by molar-refractivity contribution is 5.91. The number of methoxy groups -OCH3 is 1. The number of carbonyl (C=O) groups excluding carboxylic acids is 1.